The van der Waals surface area contributed by atoms with Crippen molar-refractivity contribution < 1.29 is 27.4 Å². The number of aromatic nitrogens is 1. The Morgan fingerprint density at radius 3 is 2.90 bits per heavy atom. The number of nitrogens with zero attached hydrogens (tertiary/aromatic N) is 2. The van der Waals surface area contributed by atoms with Gasteiger partial charge in [0.15, 0.2) is 12.6 Å². The lowest BCUT2D eigenvalue weighted by Crippen LogP contribution is -2.37. The number of guanidine groups is 1. The number of aliphatic imine (C=N–C) groups is 1. The molecule has 0 saturated carbocycles. The van der Waals surface area contributed by atoms with Crippen molar-refractivity contribution in [3.8, 4) is 5.88 Å². The summed E-state index contributed by atoms with van der Waals surface area (Å²) < 4.78 is 52.7. The van der Waals surface area contributed by atoms with Gasteiger partial charge in [-0.2, -0.15) is 13.2 Å². The molecule has 1 fully saturated rings. The Bertz CT molecular complexity index is 614. The van der Waals surface area contributed by atoms with E-state index in [1.165, 1.54) is 6.20 Å². The Balaban J connectivity index is 0.00000420. The predicted molar refractivity (Wildman–Crippen MR) is 114 cm³/mol. The first kappa shape index (κ1) is 25.7. The molecule has 29 heavy (non-hydrogen) atoms. The van der Waals surface area contributed by atoms with Crippen LogP contribution in [0.1, 0.15) is 18.4 Å². The van der Waals surface area contributed by atoms with Crippen LogP contribution in [0.15, 0.2) is 23.3 Å². The molecule has 2 rings (SSSR count). The average Bonchev–Trinajstić information content (AvgIpc) is 3.18. The minimum atomic E-state index is -4.41. The molecule has 1 saturated heterocycles. The molecular weight excluding hydrogens is 504 g/mol. The first-order valence-electron chi connectivity index (χ1n) is 9.21. The second-order valence-electron chi connectivity index (χ2n) is 6.38. The van der Waals surface area contributed by atoms with E-state index < -0.39 is 12.8 Å². The van der Waals surface area contributed by atoms with Gasteiger partial charge in [0.05, 0.1) is 13.2 Å². The molecule has 1 aromatic heterocycles. The van der Waals surface area contributed by atoms with E-state index >= 15 is 0 Å². The summed E-state index contributed by atoms with van der Waals surface area (Å²) in [5.41, 5.74) is 0.511. The van der Waals surface area contributed by atoms with Crippen LogP contribution >= 0.6 is 24.0 Å². The first-order chi connectivity index (χ1) is 13.5. The van der Waals surface area contributed by atoms with Gasteiger partial charge in [-0.05, 0) is 18.9 Å². The van der Waals surface area contributed by atoms with E-state index in [4.69, 9.17) is 14.2 Å². The molecule has 2 N–H and O–H groups in total. The van der Waals surface area contributed by atoms with E-state index in [2.05, 4.69) is 20.6 Å². The van der Waals surface area contributed by atoms with Crippen LogP contribution in [0.25, 0.3) is 0 Å². The second kappa shape index (κ2) is 13.8. The Hall–Kier alpha value is -1.34. The Morgan fingerprint density at radius 2 is 2.21 bits per heavy atom. The topological polar surface area (TPSA) is 77.0 Å². The fourth-order valence-electron chi connectivity index (χ4n) is 2.58. The van der Waals surface area contributed by atoms with Gasteiger partial charge in [0.25, 0.3) is 0 Å². The monoisotopic (exact) mass is 532 g/mol. The van der Waals surface area contributed by atoms with E-state index in [9.17, 15) is 13.2 Å². The van der Waals surface area contributed by atoms with Gasteiger partial charge in [-0.15, -0.1) is 24.0 Å². The molecule has 0 aromatic carbocycles. The Morgan fingerprint density at radius 1 is 1.38 bits per heavy atom. The molecule has 2 heterocycles. The quantitative estimate of drug-likeness (QED) is 0.209. The molecule has 7 nitrogen and oxygen atoms in total. The highest BCUT2D eigenvalue weighted by atomic mass is 127. The Labute approximate surface area is 185 Å². The van der Waals surface area contributed by atoms with Crippen molar-refractivity contribution >= 4 is 29.9 Å². The van der Waals surface area contributed by atoms with Gasteiger partial charge in [-0.25, -0.2) is 4.98 Å². The second-order valence-corrected chi connectivity index (χ2v) is 6.38. The minimum Gasteiger partial charge on any atom is -0.468 e. The van der Waals surface area contributed by atoms with E-state index in [0.717, 1.165) is 26.1 Å². The van der Waals surface area contributed by atoms with Crippen molar-refractivity contribution in [3.63, 3.8) is 0 Å². The molecule has 0 spiro atoms. The molecule has 1 atom stereocenters. The molecule has 1 unspecified atom stereocenters. The van der Waals surface area contributed by atoms with E-state index in [1.807, 2.05) is 0 Å². The van der Waals surface area contributed by atoms with Gasteiger partial charge in [0.2, 0.25) is 5.88 Å². The van der Waals surface area contributed by atoms with Crippen LogP contribution in [0, 0.1) is 5.92 Å². The van der Waals surface area contributed by atoms with Crippen molar-refractivity contribution in [2.24, 2.45) is 10.9 Å². The largest absolute Gasteiger partial charge is 0.468 e. The van der Waals surface area contributed by atoms with Crippen molar-refractivity contribution in [1.29, 1.82) is 0 Å². The molecular formula is C18H28F3IN4O3. The van der Waals surface area contributed by atoms with Crippen molar-refractivity contribution in [1.82, 2.24) is 15.6 Å². The summed E-state index contributed by atoms with van der Waals surface area (Å²) in [6.07, 6.45) is -1.16. The summed E-state index contributed by atoms with van der Waals surface area (Å²) in [6.45, 7) is 2.46. The van der Waals surface area contributed by atoms with E-state index in [1.54, 1.807) is 19.2 Å². The van der Waals surface area contributed by atoms with Gasteiger partial charge in [0.1, 0.15) is 0 Å². The summed E-state index contributed by atoms with van der Waals surface area (Å²) in [6, 6.07) is 3.29. The molecule has 166 valence electrons. The molecule has 1 aliphatic rings. The van der Waals surface area contributed by atoms with Crippen LogP contribution < -0.4 is 15.4 Å². The van der Waals surface area contributed by atoms with Gasteiger partial charge in [-0.3, -0.25) is 4.99 Å². The highest BCUT2D eigenvalue weighted by Gasteiger charge is 2.29. The van der Waals surface area contributed by atoms with Crippen LogP contribution in [0.4, 0.5) is 13.2 Å². The number of hydrogen-bond donors (Lipinski definition) is 2. The lowest BCUT2D eigenvalue weighted by atomic mass is 10.1. The maximum absolute atomic E-state index is 12.3. The molecule has 0 radical (unpaired) electrons. The lowest BCUT2D eigenvalue weighted by Gasteiger charge is -2.15. The molecule has 0 bridgehead atoms. The fraction of sp³-hybridized carbons (Fsp3) is 0.667. The number of hydrogen-bond acceptors (Lipinski definition) is 5. The normalized spacial score (nSPS) is 17.0. The zero-order valence-corrected chi connectivity index (χ0v) is 18.7. The summed E-state index contributed by atoms with van der Waals surface area (Å²) >= 11 is 0. The third kappa shape index (κ3) is 10.8. The standard InChI is InChI=1S/C18H27F3N4O3.HI/c1-22-17(24-7-3-8-26-11-14-5-9-27-12-14)25-10-15-4-2-6-23-16(15)28-13-18(19,20)21;/h2,4,6,14H,3,5,7-13H2,1H3,(H2,22,24,25);1H. The summed E-state index contributed by atoms with van der Waals surface area (Å²) in [4.78, 5) is 7.96. The van der Waals surface area contributed by atoms with Gasteiger partial charge >= 0.3 is 6.18 Å². The van der Waals surface area contributed by atoms with E-state index in [-0.39, 0.29) is 36.4 Å². The zero-order valence-electron chi connectivity index (χ0n) is 16.3. The fourth-order valence-corrected chi connectivity index (χ4v) is 2.58. The van der Waals surface area contributed by atoms with Gasteiger partial charge in [0, 0.05) is 51.0 Å². The molecule has 1 aliphatic heterocycles. The number of ether oxygens (including phenoxy) is 3. The number of halogens is 4. The van der Waals surface area contributed by atoms with Crippen molar-refractivity contribution in [3.05, 3.63) is 23.9 Å². The smallest absolute Gasteiger partial charge is 0.422 e. The summed E-state index contributed by atoms with van der Waals surface area (Å²) in [5, 5.41) is 6.18. The van der Waals surface area contributed by atoms with Crippen LogP contribution in [-0.2, 0) is 16.0 Å². The number of pyridine rings is 1. The first-order valence-corrected chi connectivity index (χ1v) is 9.21. The maximum atomic E-state index is 12.3. The highest BCUT2D eigenvalue weighted by molar-refractivity contribution is 14.0. The van der Waals surface area contributed by atoms with Crippen LogP contribution in [-0.4, -0.2) is 63.7 Å². The third-order valence-electron chi connectivity index (χ3n) is 4.03. The molecule has 1 aromatic rings. The van der Waals surface area contributed by atoms with Crippen LogP contribution in [0.3, 0.4) is 0 Å². The third-order valence-corrected chi connectivity index (χ3v) is 4.03. The number of alkyl halides is 3. The lowest BCUT2D eigenvalue weighted by molar-refractivity contribution is -0.154. The number of nitrogens with one attached hydrogen (secondary N) is 2. The molecule has 0 amide bonds. The summed E-state index contributed by atoms with van der Waals surface area (Å²) in [5.74, 6) is 0.984. The minimum absolute atomic E-state index is 0. The number of rotatable bonds is 10. The SMILES string of the molecule is CN=C(NCCCOCC1CCOC1)NCc1cccnc1OCC(F)(F)F.I. The predicted octanol–water partition coefficient (Wildman–Crippen LogP) is 2.75. The maximum Gasteiger partial charge on any atom is 0.422 e. The highest BCUT2D eigenvalue weighted by Crippen LogP contribution is 2.19. The molecule has 0 aliphatic carbocycles. The molecule has 11 heteroatoms. The van der Waals surface area contributed by atoms with Gasteiger partial charge in [-0.1, -0.05) is 6.07 Å². The summed E-state index contributed by atoms with van der Waals surface area (Å²) in [7, 11) is 1.62. The van der Waals surface area contributed by atoms with Gasteiger partial charge < -0.3 is 24.8 Å². The van der Waals surface area contributed by atoms with E-state index in [0.29, 0.717) is 37.2 Å². The zero-order chi connectivity index (χ0) is 20.2. The van der Waals surface area contributed by atoms with Crippen LogP contribution in [0.5, 0.6) is 5.88 Å². The van der Waals surface area contributed by atoms with Crippen molar-refractivity contribution in [2.75, 3.05) is 46.6 Å². The van der Waals surface area contributed by atoms with Crippen LogP contribution in [0.2, 0.25) is 0 Å². The van der Waals surface area contributed by atoms with Crippen molar-refractivity contribution in [2.45, 2.75) is 25.6 Å². The Kier molecular flexibility index (Phi) is 12.2. The average molecular weight is 532 g/mol.